The van der Waals surface area contributed by atoms with E-state index in [1.807, 2.05) is 30.3 Å². The Labute approximate surface area is 297 Å². The maximum Gasteiger partial charge on any atom is 0.447 e. The van der Waals surface area contributed by atoms with E-state index in [1.165, 1.54) is 11.1 Å². The van der Waals surface area contributed by atoms with E-state index < -0.39 is 22.1 Å². The van der Waals surface area contributed by atoms with Crippen LogP contribution >= 0.6 is 11.6 Å². The third-order valence-electron chi connectivity index (χ3n) is 9.73. The summed E-state index contributed by atoms with van der Waals surface area (Å²) in [6.45, 7) is 11.5. The number of fused-ring (bicyclic) bond motifs is 3. The van der Waals surface area contributed by atoms with Crippen LogP contribution < -0.4 is 9.64 Å². The summed E-state index contributed by atoms with van der Waals surface area (Å²) in [5.41, 5.74) is 3.20. The number of allylic oxidation sites excluding steroid dienone is 2. The predicted molar refractivity (Wildman–Crippen MR) is 194 cm³/mol. The molecule has 0 bridgehead atoms. The fourth-order valence-electron chi connectivity index (χ4n) is 7.26. The first-order valence-corrected chi connectivity index (χ1v) is 18.6. The van der Waals surface area contributed by atoms with Crippen LogP contribution in [-0.2, 0) is 31.7 Å². The molecule has 5 rings (SSSR count). The van der Waals surface area contributed by atoms with Gasteiger partial charge >= 0.3 is 6.09 Å². The number of rotatable bonds is 11. The number of hydrogen-bond acceptors (Lipinski definition) is 8. The van der Waals surface area contributed by atoms with Crippen LogP contribution in [0.4, 0.5) is 10.5 Å². The first kappa shape index (κ1) is 36.8. The molecular formula is C38H48ClN3O6S. The van der Waals surface area contributed by atoms with Gasteiger partial charge in [-0.3, -0.25) is 4.79 Å². The quantitative estimate of drug-likeness (QED) is 0.0995. The largest absolute Gasteiger partial charge is 0.490 e. The molecule has 0 N–H and O–H groups in total. The van der Waals surface area contributed by atoms with E-state index in [1.54, 1.807) is 40.0 Å². The lowest BCUT2D eigenvalue weighted by Crippen LogP contribution is -2.49. The highest BCUT2D eigenvalue weighted by Gasteiger charge is 2.44. The summed E-state index contributed by atoms with van der Waals surface area (Å²) in [6.07, 6.45) is 10.8. The summed E-state index contributed by atoms with van der Waals surface area (Å²) in [5.74, 6) is 1.50. The lowest BCUT2D eigenvalue weighted by atomic mass is 9.68. The van der Waals surface area contributed by atoms with Crippen molar-refractivity contribution in [3.05, 3.63) is 82.9 Å². The molecule has 3 aliphatic rings. The fourth-order valence-corrected chi connectivity index (χ4v) is 7.96. The van der Waals surface area contributed by atoms with E-state index >= 15 is 0 Å². The number of unbranched alkanes of at least 4 members (excludes halogenated alkanes) is 1. The minimum Gasteiger partial charge on any atom is -0.490 e. The molecule has 1 aliphatic heterocycles. The molecule has 2 aliphatic carbocycles. The van der Waals surface area contributed by atoms with Crippen molar-refractivity contribution in [3.8, 4) is 5.75 Å². The summed E-state index contributed by atoms with van der Waals surface area (Å²) in [4.78, 5) is 27.5. The van der Waals surface area contributed by atoms with Crippen LogP contribution in [0.2, 0.25) is 5.02 Å². The second-order valence-corrected chi connectivity index (χ2v) is 15.6. The summed E-state index contributed by atoms with van der Waals surface area (Å²) in [7, 11) is -0.260. The average molecular weight is 710 g/mol. The monoisotopic (exact) mass is 709 g/mol. The zero-order chi connectivity index (χ0) is 35.2. The Morgan fingerprint density at radius 2 is 2.04 bits per heavy atom. The van der Waals surface area contributed by atoms with Gasteiger partial charge in [-0.25, -0.2) is 4.79 Å². The summed E-state index contributed by atoms with van der Waals surface area (Å²) in [5, 5.41) is 0.757. The van der Waals surface area contributed by atoms with Crippen LogP contribution in [0.1, 0.15) is 80.8 Å². The number of aryl methyl sites for hydroxylation is 1. The fraction of sp³-hybridized carbons (Fsp3) is 0.526. The Morgan fingerprint density at radius 3 is 2.76 bits per heavy atom. The van der Waals surface area contributed by atoms with Crippen LogP contribution in [-0.4, -0.2) is 61.1 Å². The third-order valence-corrected chi connectivity index (χ3v) is 10.7. The zero-order valence-electron chi connectivity index (χ0n) is 29.0. The molecule has 1 amide bonds. The molecule has 0 saturated heterocycles. The molecule has 11 heteroatoms. The van der Waals surface area contributed by atoms with Crippen LogP contribution in [0.3, 0.4) is 0 Å². The first-order valence-electron chi connectivity index (χ1n) is 17.1. The number of carbonyl (C=O) groups excluding carboxylic acids is 2. The number of benzene rings is 2. The number of halogens is 1. The van der Waals surface area contributed by atoms with Gasteiger partial charge < -0.3 is 19.1 Å². The van der Waals surface area contributed by atoms with Crippen molar-refractivity contribution >= 4 is 39.6 Å². The van der Waals surface area contributed by atoms with Crippen molar-refractivity contribution in [2.45, 2.75) is 82.8 Å². The molecule has 4 atom stereocenters. The van der Waals surface area contributed by atoms with Crippen LogP contribution in [0.25, 0.3) is 0 Å². The number of amides is 1. The standard InChI is InChI=1S/C38H48ClN3O6S/c1-6-34(46-5)30-16-13-28(30)23-42-24-38(19-10-11-26-21-29(39)15-17-31(26)38)25-47-35-18-14-27(22-32(35)42)33(43)12-8-7-9-20-40-49(45)41-36(44)48-37(2,3)4/h6,8,12,14-15,17-18,21-22,28,30,34H,1,7,9-11,13,16,19-20,23-25H2,2-5H3/t28-,30+,34-,38-/m0/s1. The maximum absolute atomic E-state index is 13.4. The number of ether oxygens (including phenoxy) is 3. The van der Waals surface area contributed by atoms with Crippen molar-refractivity contribution in [2.24, 2.45) is 20.6 Å². The molecule has 264 valence electrons. The molecule has 9 nitrogen and oxygen atoms in total. The Bertz CT molecular complexity index is 1730. The highest BCUT2D eigenvalue weighted by molar-refractivity contribution is 7.64. The van der Waals surface area contributed by atoms with Gasteiger partial charge in [-0.05, 0) is 125 Å². The Morgan fingerprint density at radius 1 is 1.22 bits per heavy atom. The van der Waals surface area contributed by atoms with E-state index in [2.05, 4.69) is 32.3 Å². The van der Waals surface area contributed by atoms with E-state index in [9.17, 15) is 13.8 Å². The lowest BCUT2D eigenvalue weighted by Gasteiger charge is -2.46. The molecule has 0 unspecified atom stereocenters. The molecule has 1 spiro atoms. The molecule has 2 aromatic carbocycles. The predicted octanol–water partition coefficient (Wildman–Crippen LogP) is 8.61. The number of carbonyl (C=O) groups is 2. The van der Waals surface area contributed by atoms with Gasteiger partial charge in [-0.2, -0.15) is 8.57 Å². The van der Waals surface area contributed by atoms with Gasteiger partial charge in [-0.1, -0.05) is 34.2 Å². The van der Waals surface area contributed by atoms with E-state index in [-0.39, 0.29) is 23.8 Å². The SMILES string of the molecule is C=C[C@H](OC)[C@@H]1CC[C@H]1CN1C[C@@]2(CCCc3cc(Cl)ccc32)COc2ccc(C(=O)C=CCCCN=S(=O)=NC(=O)OC(C)(C)C)cc21. The molecule has 49 heavy (non-hydrogen) atoms. The van der Waals surface area contributed by atoms with Crippen molar-refractivity contribution in [3.63, 3.8) is 0 Å². The van der Waals surface area contributed by atoms with Crippen molar-refractivity contribution in [1.82, 2.24) is 0 Å². The Balaban J connectivity index is 1.32. The van der Waals surface area contributed by atoms with Crippen molar-refractivity contribution in [2.75, 3.05) is 38.3 Å². The molecule has 1 heterocycles. The zero-order valence-corrected chi connectivity index (χ0v) is 30.6. The van der Waals surface area contributed by atoms with Gasteiger partial charge in [0.25, 0.3) is 0 Å². The molecule has 2 aromatic rings. The van der Waals surface area contributed by atoms with E-state index in [0.29, 0.717) is 36.8 Å². The highest BCUT2D eigenvalue weighted by Crippen LogP contribution is 2.47. The number of nitrogens with zero attached hydrogens (tertiary/aromatic N) is 3. The molecular weight excluding hydrogens is 662 g/mol. The minimum atomic E-state index is -2.01. The Hall–Kier alpha value is -3.47. The second-order valence-electron chi connectivity index (χ2n) is 14.3. The van der Waals surface area contributed by atoms with Crippen molar-refractivity contribution < 1.29 is 28.0 Å². The number of anilines is 1. The highest BCUT2D eigenvalue weighted by atomic mass is 35.5. The number of ketones is 1. The first-order chi connectivity index (χ1) is 23.4. The smallest absolute Gasteiger partial charge is 0.447 e. The summed E-state index contributed by atoms with van der Waals surface area (Å²) >= 11 is 6.43. The minimum absolute atomic E-state index is 0.0122. The summed E-state index contributed by atoms with van der Waals surface area (Å²) in [6, 6.07) is 12.0. The molecule has 0 radical (unpaired) electrons. The number of hydrogen-bond donors (Lipinski definition) is 0. The lowest BCUT2D eigenvalue weighted by molar-refractivity contribution is 0.0135. The number of methoxy groups -OCH3 is 1. The van der Waals surface area contributed by atoms with Gasteiger partial charge in [0.2, 0.25) is 10.4 Å². The molecule has 1 saturated carbocycles. The second kappa shape index (κ2) is 16.0. The van der Waals surface area contributed by atoms with Crippen molar-refractivity contribution in [1.29, 1.82) is 0 Å². The average Bonchev–Trinajstić information content (AvgIpc) is 3.19. The van der Waals surface area contributed by atoms with Gasteiger partial charge in [-0.15, -0.1) is 6.58 Å². The maximum atomic E-state index is 13.4. The van der Waals surface area contributed by atoms with Gasteiger partial charge in [0.05, 0.1) is 24.9 Å². The van der Waals surface area contributed by atoms with E-state index in [4.69, 9.17) is 25.8 Å². The molecule has 1 fully saturated rings. The Kier molecular flexibility index (Phi) is 12.0. The van der Waals surface area contributed by atoms with Crippen LogP contribution in [0.5, 0.6) is 5.75 Å². The third kappa shape index (κ3) is 9.21. The van der Waals surface area contributed by atoms with Gasteiger partial charge in [0.15, 0.2) is 5.78 Å². The van der Waals surface area contributed by atoms with Crippen LogP contribution in [0.15, 0.2) is 69.9 Å². The van der Waals surface area contributed by atoms with E-state index in [0.717, 1.165) is 61.7 Å². The topological polar surface area (TPSA) is 107 Å². The van der Waals surface area contributed by atoms with Crippen LogP contribution in [0, 0.1) is 11.8 Å². The normalized spacial score (nSPS) is 22.2. The molecule has 0 aromatic heterocycles. The summed E-state index contributed by atoms with van der Waals surface area (Å²) < 4.78 is 36.7. The van der Waals surface area contributed by atoms with Gasteiger partial charge in [0.1, 0.15) is 11.4 Å². The van der Waals surface area contributed by atoms with Gasteiger partial charge in [0, 0.05) is 36.2 Å².